The molecule has 1 saturated heterocycles. The van der Waals surface area contributed by atoms with Gasteiger partial charge in [0.15, 0.2) is 0 Å². The predicted octanol–water partition coefficient (Wildman–Crippen LogP) is 3.79. The highest BCUT2D eigenvalue weighted by molar-refractivity contribution is 7.16. The summed E-state index contributed by atoms with van der Waals surface area (Å²) in [7, 11) is 0. The summed E-state index contributed by atoms with van der Waals surface area (Å²) >= 11 is 1.55. The number of benzene rings is 2. The topological polar surface area (TPSA) is 77.8 Å². The summed E-state index contributed by atoms with van der Waals surface area (Å²) in [5.41, 5.74) is 4.84. The van der Waals surface area contributed by atoms with Gasteiger partial charge in [-0.05, 0) is 60.1 Å². The molecule has 1 aliphatic carbocycles. The van der Waals surface area contributed by atoms with Crippen molar-refractivity contribution in [2.24, 2.45) is 5.92 Å². The van der Waals surface area contributed by atoms with Gasteiger partial charge < -0.3 is 10.6 Å². The Morgan fingerprint density at radius 3 is 2.87 bits per heavy atom. The summed E-state index contributed by atoms with van der Waals surface area (Å²) in [5.74, 6) is -0.172. The van der Waals surface area contributed by atoms with Gasteiger partial charge in [-0.25, -0.2) is 9.37 Å². The quantitative estimate of drug-likeness (QED) is 0.658. The Balaban J connectivity index is 1.29. The third-order valence-electron chi connectivity index (χ3n) is 6.26. The summed E-state index contributed by atoms with van der Waals surface area (Å²) in [5, 5.41) is 15.6. The number of fused-ring (bicyclic) bond motifs is 3. The van der Waals surface area contributed by atoms with Crippen LogP contribution in [0.2, 0.25) is 0 Å². The predicted molar refractivity (Wildman–Crippen MR) is 114 cm³/mol. The van der Waals surface area contributed by atoms with Crippen LogP contribution in [-0.2, 0) is 11.2 Å². The first-order valence-electron chi connectivity index (χ1n) is 10.2. The molecule has 2 aliphatic rings. The minimum Gasteiger partial charge on any atom is -0.339 e. The number of rotatable bonds is 5. The van der Waals surface area contributed by atoms with E-state index in [-0.39, 0.29) is 24.2 Å². The Morgan fingerprint density at radius 2 is 2.13 bits per heavy atom. The van der Waals surface area contributed by atoms with E-state index in [4.69, 9.17) is 0 Å². The average molecular weight is 421 g/mol. The molecule has 4 atom stereocenters. The van der Waals surface area contributed by atoms with Gasteiger partial charge in [0.05, 0.1) is 27.8 Å². The Labute approximate surface area is 177 Å². The normalized spacial score (nSPS) is 23.4. The van der Waals surface area contributed by atoms with Crippen LogP contribution < -0.4 is 10.6 Å². The molecule has 1 amide bonds. The van der Waals surface area contributed by atoms with Crippen LogP contribution in [0.25, 0.3) is 21.3 Å². The van der Waals surface area contributed by atoms with Gasteiger partial charge in [0, 0.05) is 12.5 Å². The SMILES string of the molecule is N#CC(Cc1ccc(-c2ccc3ncsc3c2)cc1F)NC(=O)[C@H]1NC2CCC1C2. The zero-order valence-electron chi connectivity index (χ0n) is 16.3. The number of piperidine rings is 1. The molecule has 152 valence electrons. The van der Waals surface area contributed by atoms with Crippen molar-refractivity contribution < 1.29 is 9.18 Å². The van der Waals surface area contributed by atoms with Crippen molar-refractivity contribution in [3.63, 3.8) is 0 Å². The fourth-order valence-electron chi connectivity index (χ4n) is 4.69. The number of amides is 1. The number of nitriles is 1. The standard InChI is InChI=1S/C23H21FN4OS/c24-19-9-13(14-4-6-20-21(10-14)30-12-26-20)1-2-15(19)7-18(11-25)28-23(29)22-16-3-5-17(8-16)27-22/h1-2,4,6,9-10,12,16-18,22,27H,3,5,7-8H2,(H,28,29)/t16?,17?,18?,22-/m0/s1. The highest BCUT2D eigenvalue weighted by atomic mass is 32.1. The van der Waals surface area contributed by atoms with Crippen LogP contribution in [-0.4, -0.2) is 29.0 Å². The molecule has 0 radical (unpaired) electrons. The maximum atomic E-state index is 14.8. The van der Waals surface area contributed by atoms with Gasteiger partial charge in [0.25, 0.3) is 0 Å². The molecule has 7 heteroatoms. The van der Waals surface area contributed by atoms with E-state index in [1.54, 1.807) is 22.9 Å². The van der Waals surface area contributed by atoms with Gasteiger partial charge >= 0.3 is 0 Å². The van der Waals surface area contributed by atoms with Crippen LogP contribution in [0.3, 0.4) is 0 Å². The zero-order valence-corrected chi connectivity index (χ0v) is 17.1. The molecule has 0 spiro atoms. The second kappa shape index (κ2) is 7.78. The summed E-state index contributed by atoms with van der Waals surface area (Å²) in [6.45, 7) is 0. The van der Waals surface area contributed by atoms with Crippen LogP contribution in [0.5, 0.6) is 0 Å². The largest absolute Gasteiger partial charge is 0.339 e. The van der Waals surface area contributed by atoms with E-state index in [2.05, 4.69) is 21.7 Å². The van der Waals surface area contributed by atoms with Crippen molar-refractivity contribution in [2.45, 2.75) is 43.8 Å². The maximum absolute atomic E-state index is 14.8. The molecule has 3 unspecified atom stereocenters. The van der Waals surface area contributed by atoms with Gasteiger partial charge in [0.1, 0.15) is 11.9 Å². The summed E-state index contributed by atoms with van der Waals surface area (Å²) in [6.07, 6.45) is 3.34. The van der Waals surface area contributed by atoms with E-state index in [1.807, 2.05) is 24.3 Å². The Kier molecular flexibility index (Phi) is 4.97. The second-order valence-corrected chi connectivity index (χ2v) is 9.04. The maximum Gasteiger partial charge on any atom is 0.238 e. The summed E-state index contributed by atoms with van der Waals surface area (Å²) in [6, 6.07) is 12.4. The van der Waals surface area contributed by atoms with Crippen molar-refractivity contribution >= 4 is 27.5 Å². The third kappa shape index (κ3) is 3.57. The van der Waals surface area contributed by atoms with Crippen LogP contribution in [0.4, 0.5) is 4.39 Å². The van der Waals surface area contributed by atoms with E-state index in [0.29, 0.717) is 17.5 Å². The molecule has 2 bridgehead atoms. The number of nitrogens with zero attached hydrogens (tertiary/aromatic N) is 2. The molecule has 30 heavy (non-hydrogen) atoms. The lowest BCUT2D eigenvalue weighted by Gasteiger charge is -2.23. The highest BCUT2D eigenvalue weighted by Gasteiger charge is 2.43. The highest BCUT2D eigenvalue weighted by Crippen LogP contribution is 2.35. The van der Waals surface area contributed by atoms with Crippen molar-refractivity contribution in [3.05, 3.63) is 53.3 Å². The van der Waals surface area contributed by atoms with E-state index < -0.39 is 6.04 Å². The van der Waals surface area contributed by atoms with Crippen LogP contribution >= 0.6 is 11.3 Å². The monoisotopic (exact) mass is 420 g/mol. The average Bonchev–Trinajstić information content (AvgIpc) is 3.50. The van der Waals surface area contributed by atoms with Crippen molar-refractivity contribution in [1.82, 2.24) is 15.6 Å². The molecule has 1 saturated carbocycles. The zero-order chi connectivity index (χ0) is 20.7. The van der Waals surface area contributed by atoms with Gasteiger partial charge in [-0.1, -0.05) is 18.2 Å². The molecule has 2 fully saturated rings. The number of carbonyl (C=O) groups is 1. The molecule has 1 aliphatic heterocycles. The molecule has 3 aromatic rings. The van der Waals surface area contributed by atoms with Crippen molar-refractivity contribution in [2.75, 3.05) is 0 Å². The molecular weight excluding hydrogens is 399 g/mol. The lowest BCUT2D eigenvalue weighted by Crippen LogP contribution is -2.50. The fraction of sp³-hybridized carbons (Fsp3) is 0.348. The Hall–Kier alpha value is -2.82. The number of hydrogen-bond acceptors (Lipinski definition) is 5. The fourth-order valence-corrected chi connectivity index (χ4v) is 5.40. The number of thiazole rings is 1. The molecule has 2 aromatic carbocycles. The number of halogens is 1. The van der Waals surface area contributed by atoms with E-state index in [1.165, 1.54) is 6.07 Å². The minimum atomic E-state index is -0.757. The van der Waals surface area contributed by atoms with E-state index >= 15 is 0 Å². The first kappa shape index (κ1) is 19.2. The number of carbonyl (C=O) groups excluding carboxylic acids is 1. The number of hydrogen-bond donors (Lipinski definition) is 2. The van der Waals surface area contributed by atoms with Gasteiger partial charge in [-0.2, -0.15) is 5.26 Å². The molecule has 2 heterocycles. The number of aromatic nitrogens is 1. The number of nitrogens with one attached hydrogen (secondary N) is 2. The first-order valence-corrected chi connectivity index (χ1v) is 11.1. The Morgan fingerprint density at radius 1 is 1.30 bits per heavy atom. The van der Waals surface area contributed by atoms with Gasteiger partial charge in [-0.3, -0.25) is 4.79 Å². The molecule has 5 nitrogen and oxygen atoms in total. The molecular formula is C23H21FN4OS. The van der Waals surface area contributed by atoms with Crippen molar-refractivity contribution in [3.8, 4) is 17.2 Å². The third-order valence-corrected chi connectivity index (χ3v) is 7.05. The van der Waals surface area contributed by atoms with Crippen LogP contribution in [0.15, 0.2) is 41.9 Å². The van der Waals surface area contributed by atoms with Crippen LogP contribution in [0.1, 0.15) is 24.8 Å². The lowest BCUT2D eigenvalue weighted by molar-refractivity contribution is -0.124. The molecule has 5 rings (SSSR count). The molecule has 1 aromatic heterocycles. The van der Waals surface area contributed by atoms with Crippen LogP contribution in [0, 0.1) is 23.1 Å². The second-order valence-electron chi connectivity index (χ2n) is 8.15. The molecule has 2 N–H and O–H groups in total. The summed E-state index contributed by atoms with van der Waals surface area (Å²) < 4.78 is 15.9. The smallest absolute Gasteiger partial charge is 0.238 e. The van der Waals surface area contributed by atoms with E-state index in [0.717, 1.165) is 40.6 Å². The van der Waals surface area contributed by atoms with E-state index in [9.17, 15) is 14.4 Å². The van der Waals surface area contributed by atoms with Gasteiger partial charge in [-0.15, -0.1) is 11.3 Å². The first-order chi connectivity index (χ1) is 14.6. The van der Waals surface area contributed by atoms with Crippen molar-refractivity contribution in [1.29, 1.82) is 5.26 Å². The Bertz CT molecular complexity index is 1150. The lowest BCUT2D eigenvalue weighted by atomic mass is 9.97. The van der Waals surface area contributed by atoms with Gasteiger partial charge in [0.2, 0.25) is 5.91 Å². The minimum absolute atomic E-state index is 0.142. The summed E-state index contributed by atoms with van der Waals surface area (Å²) in [4.78, 5) is 16.8.